The van der Waals surface area contributed by atoms with E-state index in [0.717, 1.165) is 5.56 Å². The van der Waals surface area contributed by atoms with Crippen molar-refractivity contribution in [2.24, 2.45) is 5.92 Å². The summed E-state index contributed by atoms with van der Waals surface area (Å²) >= 11 is 1.38. The summed E-state index contributed by atoms with van der Waals surface area (Å²) in [6.07, 6.45) is 0.690. The zero-order valence-corrected chi connectivity index (χ0v) is 17.1. The molecule has 7 heteroatoms. The fraction of sp³-hybridized carbons (Fsp3) is 0.273. The second-order valence-corrected chi connectivity index (χ2v) is 7.64. The van der Waals surface area contributed by atoms with Gasteiger partial charge >= 0.3 is 5.97 Å². The van der Waals surface area contributed by atoms with Crippen LogP contribution in [-0.2, 0) is 17.7 Å². The number of ether oxygens (including phenoxy) is 1. The van der Waals surface area contributed by atoms with Crippen LogP contribution in [-0.4, -0.2) is 28.4 Å². The fourth-order valence-corrected chi connectivity index (χ4v) is 3.84. The van der Waals surface area contributed by atoms with Gasteiger partial charge in [-0.2, -0.15) is 5.26 Å². The first kappa shape index (κ1) is 20.6. The molecule has 3 aromatic rings. The minimum atomic E-state index is -0.478. The quantitative estimate of drug-likeness (QED) is 0.337. The molecule has 0 aliphatic heterocycles. The summed E-state index contributed by atoms with van der Waals surface area (Å²) in [4.78, 5) is 29.6. The molecule has 0 aliphatic carbocycles. The van der Waals surface area contributed by atoms with Crippen LogP contribution in [0.15, 0.2) is 58.5 Å². The largest absolute Gasteiger partial charge is 0.465 e. The van der Waals surface area contributed by atoms with Gasteiger partial charge in [0.1, 0.15) is 0 Å². The zero-order valence-electron chi connectivity index (χ0n) is 16.3. The van der Waals surface area contributed by atoms with Crippen LogP contribution >= 0.6 is 11.8 Å². The van der Waals surface area contributed by atoms with E-state index < -0.39 is 5.97 Å². The van der Waals surface area contributed by atoms with E-state index in [2.05, 4.69) is 11.1 Å². The number of esters is 1. The van der Waals surface area contributed by atoms with Crippen LogP contribution in [0.3, 0.4) is 0 Å². The number of carbonyl (C=O) groups excluding carboxylic acids is 1. The van der Waals surface area contributed by atoms with Gasteiger partial charge in [0.15, 0.2) is 5.16 Å². The second kappa shape index (κ2) is 9.39. The van der Waals surface area contributed by atoms with Crippen LogP contribution in [0.5, 0.6) is 0 Å². The van der Waals surface area contributed by atoms with Crippen molar-refractivity contribution in [3.8, 4) is 6.07 Å². The Morgan fingerprint density at radius 1 is 1.28 bits per heavy atom. The van der Waals surface area contributed by atoms with Crippen molar-refractivity contribution in [2.75, 3.05) is 12.9 Å². The molecule has 0 N–H and O–H groups in total. The molecule has 2 aromatic carbocycles. The average Bonchev–Trinajstić information content (AvgIpc) is 2.76. The average molecular weight is 407 g/mol. The molecule has 0 unspecified atom stereocenters. The van der Waals surface area contributed by atoms with E-state index in [1.807, 2.05) is 37.3 Å². The van der Waals surface area contributed by atoms with Gasteiger partial charge in [-0.3, -0.25) is 9.36 Å². The van der Waals surface area contributed by atoms with Gasteiger partial charge in [-0.05, 0) is 37.1 Å². The highest BCUT2D eigenvalue weighted by molar-refractivity contribution is 7.99. The number of thioether (sulfide) groups is 1. The van der Waals surface area contributed by atoms with E-state index in [-0.39, 0.29) is 11.5 Å². The third-order valence-corrected chi connectivity index (χ3v) is 5.73. The number of nitriles is 1. The molecule has 0 amide bonds. The van der Waals surface area contributed by atoms with Gasteiger partial charge in [0, 0.05) is 12.3 Å². The van der Waals surface area contributed by atoms with Crippen molar-refractivity contribution < 1.29 is 9.53 Å². The third kappa shape index (κ3) is 4.84. The summed E-state index contributed by atoms with van der Waals surface area (Å²) in [6.45, 7) is 2.31. The lowest BCUT2D eigenvalue weighted by molar-refractivity contribution is 0.0601. The van der Waals surface area contributed by atoms with E-state index in [1.165, 1.54) is 18.9 Å². The van der Waals surface area contributed by atoms with Gasteiger partial charge in [-0.25, -0.2) is 9.78 Å². The van der Waals surface area contributed by atoms with Gasteiger partial charge in [-0.1, -0.05) is 42.1 Å². The molecule has 0 saturated heterocycles. The number of hydrogen-bond donors (Lipinski definition) is 0. The molecule has 0 fully saturated rings. The normalized spacial score (nSPS) is 11.8. The molecule has 0 radical (unpaired) electrons. The molecular formula is C22H21N3O3S. The highest BCUT2D eigenvalue weighted by Gasteiger charge is 2.15. The number of nitrogens with zero attached hydrogens (tertiary/aromatic N) is 3. The standard InChI is InChI=1S/C22H21N3O3S/c1-15(13-23)14-29-22-24-19-12-17(21(27)28-2)8-9-18(19)20(26)25(22)11-10-16-6-4-3-5-7-16/h3-9,12,15H,10-11,14H2,1-2H3/t15-/m1/s1. The van der Waals surface area contributed by atoms with E-state index in [4.69, 9.17) is 10.00 Å². The number of benzene rings is 2. The molecular weight excluding hydrogens is 386 g/mol. The van der Waals surface area contributed by atoms with E-state index in [9.17, 15) is 9.59 Å². The van der Waals surface area contributed by atoms with Crippen molar-refractivity contribution in [1.82, 2.24) is 9.55 Å². The van der Waals surface area contributed by atoms with Gasteiger partial charge in [0.25, 0.3) is 5.56 Å². The first-order valence-corrected chi connectivity index (χ1v) is 10.2. The van der Waals surface area contributed by atoms with Crippen LogP contribution < -0.4 is 5.56 Å². The lowest BCUT2D eigenvalue weighted by Crippen LogP contribution is -2.25. The van der Waals surface area contributed by atoms with Crippen molar-refractivity contribution in [2.45, 2.75) is 25.0 Å². The highest BCUT2D eigenvalue weighted by atomic mass is 32.2. The monoisotopic (exact) mass is 407 g/mol. The van der Waals surface area contributed by atoms with E-state index in [1.54, 1.807) is 22.8 Å². The Hall–Kier alpha value is -3.11. The minimum absolute atomic E-state index is 0.158. The SMILES string of the molecule is COC(=O)c1ccc2c(=O)n(CCc3ccccc3)c(SC[C@H](C)C#N)nc2c1. The van der Waals surface area contributed by atoms with Crippen molar-refractivity contribution in [3.05, 3.63) is 70.0 Å². The molecule has 1 aromatic heterocycles. The van der Waals surface area contributed by atoms with E-state index >= 15 is 0 Å². The molecule has 0 spiro atoms. The van der Waals surface area contributed by atoms with Crippen LogP contribution in [0.2, 0.25) is 0 Å². The first-order chi connectivity index (χ1) is 14.0. The predicted molar refractivity (Wildman–Crippen MR) is 113 cm³/mol. The summed E-state index contributed by atoms with van der Waals surface area (Å²) < 4.78 is 6.41. The number of methoxy groups -OCH3 is 1. The van der Waals surface area contributed by atoms with Crippen LogP contribution in [0, 0.1) is 17.2 Å². The van der Waals surface area contributed by atoms with Crippen LogP contribution in [0.4, 0.5) is 0 Å². The summed E-state index contributed by atoms with van der Waals surface area (Å²) in [5.74, 6) is -0.123. The van der Waals surface area contributed by atoms with Crippen molar-refractivity contribution >= 4 is 28.6 Å². The molecule has 0 saturated carbocycles. The molecule has 1 atom stereocenters. The van der Waals surface area contributed by atoms with Gasteiger partial charge in [0.05, 0.1) is 35.6 Å². The number of aryl methyl sites for hydroxylation is 1. The molecule has 1 heterocycles. The predicted octanol–water partition coefficient (Wildman–Crippen LogP) is 3.68. The van der Waals surface area contributed by atoms with Gasteiger partial charge in [-0.15, -0.1) is 0 Å². The Bertz CT molecular complexity index is 1120. The Labute approximate surface area is 173 Å². The van der Waals surface area contributed by atoms with E-state index in [0.29, 0.717) is 40.3 Å². The Morgan fingerprint density at radius 2 is 2.03 bits per heavy atom. The summed E-state index contributed by atoms with van der Waals surface area (Å²) in [7, 11) is 1.31. The summed E-state index contributed by atoms with van der Waals surface area (Å²) in [5.41, 5.74) is 1.76. The maximum absolute atomic E-state index is 13.2. The first-order valence-electron chi connectivity index (χ1n) is 9.22. The maximum Gasteiger partial charge on any atom is 0.337 e. The molecule has 0 aliphatic rings. The molecule has 29 heavy (non-hydrogen) atoms. The lowest BCUT2D eigenvalue weighted by Gasteiger charge is -2.14. The van der Waals surface area contributed by atoms with Gasteiger partial charge < -0.3 is 4.74 Å². The fourth-order valence-electron chi connectivity index (χ4n) is 2.88. The van der Waals surface area contributed by atoms with Crippen molar-refractivity contribution in [1.29, 1.82) is 5.26 Å². The topological polar surface area (TPSA) is 85.0 Å². The molecule has 3 rings (SSSR count). The molecule has 0 bridgehead atoms. The van der Waals surface area contributed by atoms with Crippen LogP contribution in [0.25, 0.3) is 10.9 Å². The Balaban J connectivity index is 2.03. The second-order valence-electron chi connectivity index (χ2n) is 6.65. The number of fused-ring (bicyclic) bond motifs is 1. The number of carbonyl (C=O) groups is 1. The number of aromatic nitrogens is 2. The number of hydrogen-bond acceptors (Lipinski definition) is 6. The van der Waals surface area contributed by atoms with Crippen molar-refractivity contribution in [3.63, 3.8) is 0 Å². The summed E-state index contributed by atoms with van der Waals surface area (Å²) in [6, 6.07) is 16.9. The van der Waals surface area contributed by atoms with Gasteiger partial charge in [0.2, 0.25) is 0 Å². The zero-order chi connectivity index (χ0) is 20.8. The lowest BCUT2D eigenvalue weighted by atomic mass is 10.1. The smallest absolute Gasteiger partial charge is 0.337 e. The third-order valence-electron chi connectivity index (χ3n) is 4.49. The van der Waals surface area contributed by atoms with Crippen LogP contribution in [0.1, 0.15) is 22.8 Å². The highest BCUT2D eigenvalue weighted by Crippen LogP contribution is 2.21. The Kier molecular flexibility index (Phi) is 6.68. The molecule has 148 valence electrons. The summed E-state index contributed by atoms with van der Waals surface area (Å²) in [5, 5.41) is 10.1. The minimum Gasteiger partial charge on any atom is -0.465 e. The maximum atomic E-state index is 13.2. The Morgan fingerprint density at radius 3 is 2.72 bits per heavy atom. The number of rotatable bonds is 7. The molecule has 6 nitrogen and oxygen atoms in total.